The molecule has 2 N–H and O–H groups in total. The van der Waals surface area contributed by atoms with E-state index < -0.39 is 0 Å². The summed E-state index contributed by atoms with van der Waals surface area (Å²) in [5.41, 5.74) is 1.06. The normalized spacial score (nSPS) is 12.9. The predicted octanol–water partition coefficient (Wildman–Crippen LogP) is 1.56. The Morgan fingerprint density at radius 3 is 3.05 bits per heavy atom. The van der Waals surface area contributed by atoms with Crippen molar-refractivity contribution in [1.82, 2.24) is 5.32 Å². The third-order valence-corrected chi connectivity index (χ3v) is 2.97. The molecule has 0 bridgehead atoms. The Morgan fingerprint density at radius 1 is 1.32 bits per heavy atom. The minimum atomic E-state index is 0.0725. The van der Waals surface area contributed by atoms with E-state index in [4.69, 9.17) is 30.9 Å². The number of benzene rings is 1. The summed E-state index contributed by atoms with van der Waals surface area (Å²) in [4.78, 5) is 0. The van der Waals surface area contributed by atoms with E-state index in [-0.39, 0.29) is 13.4 Å². The first-order valence-electron chi connectivity index (χ1n) is 6.28. The van der Waals surface area contributed by atoms with Crippen LogP contribution in [0.15, 0.2) is 12.1 Å². The first-order chi connectivity index (χ1) is 9.31. The monoisotopic (exact) mass is 287 g/mol. The molecule has 2 rings (SSSR count). The van der Waals surface area contributed by atoms with Crippen LogP contribution in [0.25, 0.3) is 0 Å². The smallest absolute Gasteiger partial charge is 0.231 e. The Hall–Kier alpha value is -1.01. The van der Waals surface area contributed by atoms with E-state index in [0.717, 1.165) is 25.1 Å². The van der Waals surface area contributed by atoms with E-state index in [0.29, 0.717) is 29.7 Å². The van der Waals surface area contributed by atoms with Gasteiger partial charge in [-0.2, -0.15) is 0 Å². The average Bonchev–Trinajstić information content (AvgIpc) is 2.86. The number of rotatable bonds is 8. The van der Waals surface area contributed by atoms with Crippen LogP contribution in [0.4, 0.5) is 0 Å². The lowest BCUT2D eigenvalue weighted by molar-refractivity contribution is 0.0907. The molecule has 0 amide bonds. The molecular formula is C13H18ClNO4. The van der Waals surface area contributed by atoms with E-state index in [9.17, 15) is 0 Å². The van der Waals surface area contributed by atoms with Gasteiger partial charge in [0.05, 0.1) is 18.2 Å². The summed E-state index contributed by atoms with van der Waals surface area (Å²) in [5.74, 6) is 1.33. The van der Waals surface area contributed by atoms with Gasteiger partial charge in [0.15, 0.2) is 11.5 Å². The standard InChI is InChI=1S/C13H18ClNO4/c14-11-6-10(7-12-13(11)19-9-18-12)8-15-2-1-4-17-5-3-16/h6-7,15-16H,1-5,8-9H2. The summed E-state index contributed by atoms with van der Waals surface area (Å²) in [6.07, 6.45) is 0.901. The molecule has 6 heteroatoms. The fraction of sp³-hybridized carbons (Fsp3) is 0.538. The molecule has 0 saturated carbocycles. The highest BCUT2D eigenvalue weighted by atomic mass is 35.5. The molecule has 5 nitrogen and oxygen atoms in total. The fourth-order valence-corrected chi connectivity index (χ4v) is 2.11. The van der Waals surface area contributed by atoms with Crippen LogP contribution in [0.2, 0.25) is 5.02 Å². The van der Waals surface area contributed by atoms with Crippen LogP contribution in [0.1, 0.15) is 12.0 Å². The summed E-state index contributed by atoms with van der Waals surface area (Å²) in [6.45, 7) is 2.92. The number of aliphatic hydroxyl groups is 1. The van der Waals surface area contributed by atoms with Crippen molar-refractivity contribution in [3.8, 4) is 11.5 Å². The van der Waals surface area contributed by atoms with Gasteiger partial charge in [0.2, 0.25) is 6.79 Å². The summed E-state index contributed by atoms with van der Waals surface area (Å²) >= 11 is 6.10. The van der Waals surface area contributed by atoms with Gasteiger partial charge in [0, 0.05) is 13.2 Å². The topological polar surface area (TPSA) is 60.0 Å². The molecule has 0 unspecified atom stereocenters. The van der Waals surface area contributed by atoms with Gasteiger partial charge < -0.3 is 24.6 Å². The second-order valence-electron chi connectivity index (χ2n) is 4.18. The second-order valence-corrected chi connectivity index (χ2v) is 4.58. The molecule has 1 heterocycles. The van der Waals surface area contributed by atoms with Crippen molar-refractivity contribution in [2.45, 2.75) is 13.0 Å². The molecule has 106 valence electrons. The maximum Gasteiger partial charge on any atom is 0.231 e. The van der Waals surface area contributed by atoms with E-state index in [2.05, 4.69) is 5.32 Å². The van der Waals surface area contributed by atoms with Gasteiger partial charge in [-0.3, -0.25) is 0 Å². The highest BCUT2D eigenvalue weighted by Crippen LogP contribution is 2.39. The molecule has 0 atom stereocenters. The van der Waals surface area contributed by atoms with Crippen LogP contribution in [0, 0.1) is 0 Å². The van der Waals surface area contributed by atoms with Crippen molar-refractivity contribution in [2.75, 3.05) is 33.2 Å². The largest absolute Gasteiger partial charge is 0.454 e. The lowest BCUT2D eigenvalue weighted by Gasteiger charge is -2.07. The van der Waals surface area contributed by atoms with E-state index in [1.807, 2.05) is 12.1 Å². The summed E-state index contributed by atoms with van der Waals surface area (Å²) in [6, 6.07) is 3.81. The minimum absolute atomic E-state index is 0.0725. The van der Waals surface area contributed by atoms with E-state index >= 15 is 0 Å². The van der Waals surface area contributed by atoms with E-state index in [1.165, 1.54) is 0 Å². The second kappa shape index (κ2) is 7.55. The molecule has 1 aliphatic rings. The third-order valence-electron chi connectivity index (χ3n) is 2.69. The SMILES string of the molecule is OCCOCCCNCc1cc(Cl)c2c(c1)OCO2. The van der Waals surface area contributed by atoms with Crippen LogP contribution < -0.4 is 14.8 Å². The van der Waals surface area contributed by atoms with Crippen LogP contribution in [0.5, 0.6) is 11.5 Å². The lowest BCUT2D eigenvalue weighted by atomic mass is 10.2. The van der Waals surface area contributed by atoms with Crippen LogP contribution in [0.3, 0.4) is 0 Å². The molecular weight excluding hydrogens is 270 g/mol. The first-order valence-corrected chi connectivity index (χ1v) is 6.66. The molecule has 0 aliphatic carbocycles. The molecule has 0 spiro atoms. The third kappa shape index (κ3) is 4.24. The Balaban J connectivity index is 1.70. The zero-order chi connectivity index (χ0) is 13.5. The fourth-order valence-electron chi connectivity index (χ4n) is 1.82. The van der Waals surface area contributed by atoms with Crippen molar-refractivity contribution in [3.63, 3.8) is 0 Å². The van der Waals surface area contributed by atoms with Gasteiger partial charge in [0.1, 0.15) is 0 Å². The molecule has 0 aromatic heterocycles. The summed E-state index contributed by atoms with van der Waals surface area (Å²) in [7, 11) is 0. The lowest BCUT2D eigenvalue weighted by Crippen LogP contribution is -2.16. The quantitative estimate of drug-likeness (QED) is 0.711. The highest BCUT2D eigenvalue weighted by molar-refractivity contribution is 6.32. The molecule has 1 aromatic carbocycles. The number of halogens is 1. The van der Waals surface area contributed by atoms with Gasteiger partial charge in [-0.1, -0.05) is 11.6 Å². The molecule has 1 aromatic rings. The molecule has 0 saturated heterocycles. The van der Waals surface area contributed by atoms with Crippen molar-refractivity contribution in [2.24, 2.45) is 0 Å². The van der Waals surface area contributed by atoms with Gasteiger partial charge in [-0.25, -0.2) is 0 Å². The Kier molecular flexibility index (Phi) is 5.72. The predicted molar refractivity (Wildman–Crippen MR) is 71.8 cm³/mol. The number of nitrogens with one attached hydrogen (secondary N) is 1. The van der Waals surface area contributed by atoms with Crippen LogP contribution >= 0.6 is 11.6 Å². The van der Waals surface area contributed by atoms with Gasteiger partial charge in [-0.05, 0) is 30.7 Å². The maximum absolute atomic E-state index is 8.55. The highest BCUT2D eigenvalue weighted by Gasteiger charge is 2.17. The zero-order valence-corrected chi connectivity index (χ0v) is 11.4. The Bertz CT molecular complexity index is 414. The van der Waals surface area contributed by atoms with Crippen molar-refractivity contribution in [1.29, 1.82) is 0 Å². The number of aliphatic hydroxyl groups excluding tert-OH is 1. The molecule has 19 heavy (non-hydrogen) atoms. The summed E-state index contributed by atoms with van der Waals surface area (Å²) < 4.78 is 15.7. The molecule has 1 aliphatic heterocycles. The van der Waals surface area contributed by atoms with Gasteiger partial charge in [0.25, 0.3) is 0 Å². The van der Waals surface area contributed by atoms with Crippen molar-refractivity contribution < 1.29 is 19.3 Å². The molecule has 0 radical (unpaired) electrons. The van der Waals surface area contributed by atoms with Crippen LogP contribution in [-0.2, 0) is 11.3 Å². The van der Waals surface area contributed by atoms with Gasteiger partial charge >= 0.3 is 0 Å². The Morgan fingerprint density at radius 2 is 2.21 bits per heavy atom. The van der Waals surface area contributed by atoms with Crippen molar-refractivity contribution in [3.05, 3.63) is 22.7 Å². The first kappa shape index (κ1) is 14.4. The number of ether oxygens (including phenoxy) is 3. The van der Waals surface area contributed by atoms with Crippen molar-refractivity contribution >= 4 is 11.6 Å². The zero-order valence-electron chi connectivity index (χ0n) is 10.7. The summed E-state index contributed by atoms with van der Waals surface area (Å²) in [5, 5.41) is 12.4. The minimum Gasteiger partial charge on any atom is -0.454 e. The molecule has 0 fully saturated rings. The number of hydrogen-bond donors (Lipinski definition) is 2. The Labute approximate surface area is 117 Å². The number of hydrogen-bond acceptors (Lipinski definition) is 5. The maximum atomic E-state index is 8.55. The number of fused-ring (bicyclic) bond motifs is 1. The van der Waals surface area contributed by atoms with Crippen LogP contribution in [-0.4, -0.2) is 38.3 Å². The average molecular weight is 288 g/mol. The van der Waals surface area contributed by atoms with E-state index in [1.54, 1.807) is 0 Å². The van der Waals surface area contributed by atoms with Gasteiger partial charge in [-0.15, -0.1) is 0 Å².